The lowest BCUT2D eigenvalue weighted by Crippen LogP contribution is -2.51. The van der Waals surface area contributed by atoms with Crippen LogP contribution in [0.15, 0.2) is 24.3 Å². The van der Waals surface area contributed by atoms with Gasteiger partial charge >= 0.3 is 6.18 Å². The molecular formula is C20H28F3N3O2. The number of nitrogens with one attached hydrogen (secondary N) is 1. The van der Waals surface area contributed by atoms with E-state index in [1.165, 1.54) is 12.1 Å². The summed E-state index contributed by atoms with van der Waals surface area (Å²) in [4.78, 5) is 26.4. The highest BCUT2D eigenvalue weighted by Gasteiger charge is 2.31. The number of hydrogen-bond donors (Lipinski definition) is 2. The summed E-state index contributed by atoms with van der Waals surface area (Å²) in [5.41, 5.74) is 5.37. The number of amides is 2. The average molecular weight is 399 g/mol. The first kappa shape index (κ1) is 22.2. The Hall–Kier alpha value is -2.09. The standard InChI is InChI=1S/C20H28F3N3O2/c1-14(12-15-5-7-16(8-6-15)20(21,22)23)19(28)26-11-3-2-4-17(26)13-25-18(27)9-10-24/h5-8,14,17H,2-4,9-13,24H2,1H3,(H,25,27). The van der Waals surface area contributed by atoms with E-state index in [4.69, 9.17) is 5.73 Å². The second-order valence-corrected chi connectivity index (χ2v) is 7.32. The van der Waals surface area contributed by atoms with Crippen LogP contribution < -0.4 is 11.1 Å². The van der Waals surface area contributed by atoms with E-state index in [1.807, 2.05) is 0 Å². The first-order valence-electron chi connectivity index (χ1n) is 9.65. The molecule has 156 valence electrons. The molecule has 8 heteroatoms. The van der Waals surface area contributed by atoms with Crippen molar-refractivity contribution in [3.63, 3.8) is 0 Å². The highest BCUT2D eigenvalue weighted by Crippen LogP contribution is 2.29. The summed E-state index contributed by atoms with van der Waals surface area (Å²) in [7, 11) is 0. The van der Waals surface area contributed by atoms with Gasteiger partial charge in [0.25, 0.3) is 0 Å². The molecule has 2 rings (SSSR count). The van der Waals surface area contributed by atoms with Crippen LogP contribution in [0.1, 0.15) is 43.7 Å². The Morgan fingerprint density at radius 1 is 1.25 bits per heavy atom. The van der Waals surface area contributed by atoms with Gasteiger partial charge in [-0.2, -0.15) is 13.2 Å². The van der Waals surface area contributed by atoms with E-state index in [0.29, 0.717) is 25.1 Å². The summed E-state index contributed by atoms with van der Waals surface area (Å²) >= 11 is 0. The summed E-state index contributed by atoms with van der Waals surface area (Å²) < 4.78 is 38.0. The van der Waals surface area contributed by atoms with Gasteiger partial charge in [-0.3, -0.25) is 9.59 Å². The lowest BCUT2D eigenvalue weighted by Gasteiger charge is -2.37. The summed E-state index contributed by atoms with van der Waals surface area (Å²) in [6.45, 7) is 3.10. The van der Waals surface area contributed by atoms with E-state index in [9.17, 15) is 22.8 Å². The van der Waals surface area contributed by atoms with Crippen LogP contribution in [0.3, 0.4) is 0 Å². The molecule has 1 aliphatic heterocycles. The van der Waals surface area contributed by atoms with Crippen LogP contribution in [0.2, 0.25) is 0 Å². The highest BCUT2D eigenvalue weighted by molar-refractivity contribution is 5.79. The molecule has 2 amide bonds. The Morgan fingerprint density at radius 3 is 2.54 bits per heavy atom. The van der Waals surface area contributed by atoms with E-state index >= 15 is 0 Å². The quantitative estimate of drug-likeness (QED) is 0.740. The maximum absolute atomic E-state index is 12.9. The van der Waals surface area contributed by atoms with E-state index in [2.05, 4.69) is 5.32 Å². The van der Waals surface area contributed by atoms with E-state index in [-0.39, 0.29) is 36.7 Å². The van der Waals surface area contributed by atoms with Crippen LogP contribution >= 0.6 is 0 Å². The number of carbonyl (C=O) groups is 2. The predicted octanol–water partition coefficient (Wildman–Crippen LogP) is 2.73. The van der Waals surface area contributed by atoms with Crippen LogP contribution in [-0.2, 0) is 22.2 Å². The number of nitrogens with zero attached hydrogens (tertiary/aromatic N) is 1. The molecule has 0 bridgehead atoms. The minimum atomic E-state index is -4.37. The number of likely N-dealkylation sites (tertiary alicyclic amines) is 1. The fourth-order valence-electron chi connectivity index (χ4n) is 3.51. The molecule has 2 unspecified atom stereocenters. The second kappa shape index (κ2) is 9.91. The van der Waals surface area contributed by atoms with Crippen LogP contribution in [-0.4, -0.2) is 42.4 Å². The van der Waals surface area contributed by atoms with E-state index < -0.39 is 11.7 Å². The minimum absolute atomic E-state index is 0.0299. The Labute approximate surface area is 163 Å². The van der Waals surface area contributed by atoms with E-state index in [1.54, 1.807) is 11.8 Å². The molecular weight excluding hydrogens is 371 g/mol. The molecule has 1 aromatic carbocycles. The van der Waals surface area contributed by atoms with Crippen molar-refractivity contribution in [3.05, 3.63) is 35.4 Å². The third-order valence-corrected chi connectivity index (χ3v) is 5.06. The third-order valence-electron chi connectivity index (χ3n) is 5.06. The van der Waals surface area contributed by atoms with Gasteiger partial charge in [-0.05, 0) is 43.4 Å². The molecule has 1 heterocycles. The summed E-state index contributed by atoms with van der Waals surface area (Å²) in [6, 6.07) is 4.88. The number of benzene rings is 1. The van der Waals surface area contributed by atoms with Crippen molar-refractivity contribution in [3.8, 4) is 0 Å². The van der Waals surface area contributed by atoms with Crippen LogP contribution in [0.4, 0.5) is 13.2 Å². The molecule has 0 aliphatic carbocycles. The van der Waals surface area contributed by atoms with Crippen LogP contribution in [0.25, 0.3) is 0 Å². The lowest BCUT2D eigenvalue weighted by atomic mass is 9.95. The number of alkyl halides is 3. The Balaban J connectivity index is 1.96. The summed E-state index contributed by atoms with van der Waals surface area (Å²) in [6.07, 6.45) is -1.01. The molecule has 2 atom stereocenters. The number of hydrogen-bond acceptors (Lipinski definition) is 3. The number of halogens is 3. The zero-order valence-corrected chi connectivity index (χ0v) is 16.1. The normalized spacial score (nSPS) is 18.6. The highest BCUT2D eigenvalue weighted by atomic mass is 19.4. The molecule has 0 spiro atoms. The Bertz CT molecular complexity index is 662. The maximum atomic E-state index is 12.9. The Kier molecular flexibility index (Phi) is 7.86. The molecule has 1 aliphatic rings. The number of carbonyl (C=O) groups excluding carboxylic acids is 2. The SMILES string of the molecule is CC(Cc1ccc(C(F)(F)F)cc1)C(=O)N1CCCCC1CNC(=O)CCN. The van der Waals surface area contributed by atoms with E-state index in [0.717, 1.165) is 31.4 Å². The molecule has 1 aromatic rings. The first-order valence-corrected chi connectivity index (χ1v) is 9.65. The van der Waals surface area contributed by atoms with Gasteiger partial charge in [0.15, 0.2) is 0 Å². The smallest absolute Gasteiger partial charge is 0.354 e. The molecule has 3 N–H and O–H groups in total. The zero-order chi connectivity index (χ0) is 20.7. The molecule has 5 nitrogen and oxygen atoms in total. The molecule has 0 aromatic heterocycles. The molecule has 0 saturated carbocycles. The van der Waals surface area contributed by atoms with Gasteiger partial charge in [0.05, 0.1) is 5.56 Å². The third kappa shape index (κ3) is 6.22. The van der Waals surface area contributed by atoms with Crippen LogP contribution in [0.5, 0.6) is 0 Å². The van der Waals surface area contributed by atoms with Gasteiger partial charge in [0, 0.05) is 38.0 Å². The molecule has 1 fully saturated rings. The molecule has 1 saturated heterocycles. The van der Waals surface area contributed by atoms with Crippen LogP contribution in [0, 0.1) is 5.92 Å². The van der Waals surface area contributed by atoms with Gasteiger partial charge in [-0.15, -0.1) is 0 Å². The van der Waals surface area contributed by atoms with Gasteiger partial charge in [-0.1, -0.05) is 19.1 Å². The van der Waals surface area contributed by atoms with Crippen molar-refractivity contribution in [1.82, 2.24) is 10.2 Å². The number of piperidine rings is 1. The number of rotatable bonds is 7. The monoisotopic (exact) mass is 399 g/mol. The van der Waals surface area contributed by atoms with Crippen molar-refractivity contribution < 1.29 is 22.8 Å². The Morgan fingerprint density at radius 2 is 1.93 bits per heavy atom. The fraction of sp³-hybridized carbons (Fsp3) is 0.600. The predicted molar refractivity (Wildman–Crippen MR) is 100 cm³/mol. The largest absolute Gasteiger partial charge is 0.416 e. The van der Waals surface area contributed by atoms with Gasteiger partial charge < -0.3 is 16.0 Å². The van der Waals surface area contributed by atoms with Crippen molar-refractivity contribution >= 4 is 11.8 Å². The first-order chi connectivity index (χ1) is 13.2. The molecule has 0 radical (unpaired) electrons. The van der Waals surface area contributed by atoms with Gasteiger partial charge in [-0.25, -0.2) is 0 Å². The lowest BCUT2D eigenvalue weighted by molar-refractivity contribution is -0.139. The van der Waals surface area contributed by atoms with Gasteiger partial charge in [0.2, 0.25) is 11.8 Å². The van der Waals surface area contributed by atoms with Crippen molar-refractivity contribution in [2.75, 3.05) is 19.6 Å². The zero-order valence-electron chi connectivity index (χ0n) is 16.1. The van der Waals surface area contributed by atoms with Crippen molar-refractivity contribution in [1.29, 1.82) is 0 Å². The fourth-order valence-corrected chi connectivity index (χ4v) is 3.51. The van der Waals surface area contributed by atoms with Crippen molar-refractivity contribution in [2.24, 2.45) is 11.7 Å². The minimum Gasteiger partial charge on any atom is -0.354 e. The second-order valence-electron chi connectivity index (χ2n) is 7.32. The summed E-state index contributed by atoms with van der Waals surface area (Å²) in [5, 5.41) is 2.83. The van der Waals surface area contributed by atoms with Gasteiger partial charge in [0.1, 0.15) is 0 Å². The summed E-state index contributed by atoms with van der Waals surface area (Å²) in [5.74, 6) is -0.506. The maximum Gasteiger partial charge on any atom is 0.416 e. The number of nitrogens with two attached hydrogens (primary N) is 1. The average Bonchev–Trinajstić information content (AvgIpc) is 2.66. The van der Waals surface area contributed by atoms with Crippen molar-refractivity contribution in [2.45, 2.75) is 51.2 Å². The molecule has 28 heavy (non-hydrogen) atoms. The topological polar surface area (TPSA) is 75.4 Å².